The van der Waals surface area contributed by atoms with Gasteiger partial charge in [0.1, 0.15) is 67.1 Å². The van der Waals surface area contributed by atoms with Crippen LogP contribution in [0, 0.1) is 11.8 Å². The normalized spacial score (nSPS) is 51.0. The fourth-order valence-electron chi connectivity index (χ4n) is 6.02. The Morgan fingerprint density at radius 1 is 0.659 bits per heavy atom. The maximum absolute atomic E-state index is 11.1. The maximum atomic E-state index is 11.1. The largest absolute Gasteiger partial charge is 0.472 e. The van der Waals surface area contributed by atoms with Gasteiger partial charge in [-0.2, -0.15) is 0 Å². The Morgan fingerprint density at radius 2 is 1.30 bits per heavy atom. The van der Waals surface area contributed by atoms with Gasteiger partial charge in [-0.15, -0.1) is 0 Å². The van der Waals surface area contributed by atoms with E-state index in [9.17, 15) is 56.2 Å². The van der Waals surface area contributed by atoms with E-state index in [0.717, 1.165) is 0 Å². The summed E-state index contributed by atoms with van der Waals surface area (Å²) in [5, 5.41) is 112. The highest BCUT2D eigenvalue weighted by atomic mass is 16.8. The van der Waals surface area contributed by atoms with Gasteiger partial charge < -0.3 is 89.3 Å². The molecule has 18 nitrogen and oxygen atoms in total. The zero-order chi connectivity index (χ0) is 31.9. The molecule has 4 heterocycles. The second-order valence-electron chi connectivity index (χ2n) is 11.3. The third-order valence-corrected chi connectivity index (χ3v) is 8.57. The summed E-state index contributed by atoms with van der Waals surface area (Å²) in [5.41, 5.74) is 0.363. The molecule has 0 unspecified atom stereocenters. The molecule has 5 rings (SSSR count). The van der Waals surface area contributed by atoms with Gasteiger partial charge in [-0.1, -0.05) is 6.08 Å². The molecule has 11 N–H and O–H groups in total. The summed E-state index contributed by atoms with van der Waals surface area (Å²) in [4.78, 5) is 0. The Kier molecular flexibility index (Phi) is 10.9. The zero-order valence-corrected chi connectivity index (χ0v) is 23.2. The van der Waals surface area contributed by atoms with Crippen LogP contribution in [0.3, 0.4) is 0 Å². The third-order valence-electron chi connectivity index (χ3n) is 8.57. The first-order valence-electron chi connectivity index (χ1n) is 14.2. The Morgan fingerprint density at radius 3 is 1.95 bits per heavy atom. The number of ether oxygens (including phenoxy) is 7. The highest BCUT2D eigenvalue weighted by Crippen LogP contribution is 2.43. The van der Waals surface area contributed by atoms with Crippen molar-refractivity contribution in [3.63, 3.8) is 0 Å². The number of fused-ring (bicyclic) bond motifs is 1. The van der Waals surface area contributed by atoms with Crippen molar-refractivity contribution in [1.29, 1.82) is 0 Å². The lowest BCUT2D eigenvalue weighted by Gasteiger charge is -2.45. The maximum Gasteiger partial charge on any atom is 0.209 e. The molecule has 18 atom stereocenters. The fraction of sp³-hybridized carbons (Fsp3) is 0.846. The second kappa shape index (κ2) is 14.2. The third kappa shape index (κ3) is 6.42. The van der Waals surface area contributed by atoms with E-state index in [4.69, 9.17) is 33.2 Å². The first-order chi connectivity index (χ1) is 21.0. The van der Waals surface area contributed by atoms with Crippen LogP contribution < -0.4 is 0 Å². The molecular weight excluding hydrogens is 600 g/mol. The summed E-state index contributed by atoms with van der Waals surface area (Å²) in [6.07, 6.45) is -19.6. The summed E-state index contributed by atoms with van der Waals surface area (Å²) >= 11 is 0. The number of aliphatic hydroxyl groups excluding tert-OH is 11. The van der Waals surface area contributed by atoms with Crippen molar-refractivity contribution < 1.29 is 89.3 Å². The van der Waals surface area contributed by atoms with E-state index >= 15 is 0 Å². The van der Waals surface area contributed by atoms with E-state index in [0.29, 0.717) is 5.57 Å². The minimum Gasteiger partial charge on any atom is -0.472 e. The van der Waals surface area contributed by atoms with E-state index in [1.807, 2.05) is 0 Å². The van der Waals surface area contributed by atoms with Gasteiger partial charge in [-0.05, 0) is 11.6 Å². The predicted molar refractivity (Wildman–Crippen MR) is 136 cm³/mol. The molecule has 0 aromatic rings. The van der Waals surface area contributed by atoms with Crippen LogP contribution in [0.5, 0.6) is 0 Å². The molecular formula is C26H40O18. The highest BCUT2D eigenvalue weighted by molar-refractivity contribution is 5.26. The van der Waals surface area contributed by atoms with Gasteiger partial charge in [0.05, 0.1) is 44.7 Å². The first kappa shape index (κ1) is 33.9. The molecule has 5 aliphatic rings. The van der Waals surface area contributed by atoms with Crippen LogP contribution in [0.2, 0.25) is 0 Å². The van der Waals surface area contributed by atoms with Crippen LogP contribution in [-0.2, 0) is 33.2 Å². The quantitative estimate of drug-likeness (QED) is 0.104. The predicted octanol–water partition coefficient (Wildman–Crippen LogP) is -6.51. The first-order valence-corrected chi connectivity index (χ1v) is 14.2. The molecule has 18 heteroatoms. The van der Waals surface area contributed by atoms with E-state index in [2.05, 4.69) is 0 Å². The average molecular weight is 641 g/mol. The number of rotatable bonds is 9. The van der Waals surface area contributed by atoms with Crippen LogP contribution in [0.1, 0.15) is 0 Å². The summed E-state index contributed by atoms with van der Waals surface area (Å²) in [7, 11) is 0. The van der Waals surface area contributed by atoms with Gasteiger partial charge in [0, 0.05) is 5.92 Å². The van der Waals surface area contributed by atoms with Gasteiger partial charge in [-0.3, -0.25) is 0 Å². The molecule has 44 heavy (non-hydrogen) atoms. The van der Waals surface area contributed by atoms with Crippen LogP contribution >= 0.6 is 0 Å². The van der Waals surface area contributed by atoms with Crippen molar-refractivity contribution in [2.24, 2.45) is 11.8 Å². The Balaban J connectivity index is 1.30. The molecule has 4 aliphatic heterocycles. The van der Waals surface area contributed by atoms with Gasteiger partial charge in [0.2, 0.25) is 6.29 Å². The van der Waals surface area contributed by atoms with Gasteiger partial charge in [0.15, 0.2) is 18.9 Å². The van der Waals surface area contributed by atoms with Crippen molar-refractivity contribution in [3.05, 3.63) is 24.0 Å². The van der Waals surface area contributed by atoms with Crippen molar-refractivity contribution in [1.82, 2.24) is 0 Å². The molecule has 0 radical (unpaired) electrons. The Bertz CT molecular complexity index is 1010. The van der Waals surface area contributed by atoms with E-state index < -0.39 is 137 Å². The molecule has 0 bridgehead atoms. The van der Waals surface area contributed by atoms with Crippen molar-refractivity contribution in [2.45, 2.75) is 98.4 Å². The monoisotopic (exact) mass is 640 g/mol. The van der Waals surface area contributed by atoms with Gasteiger partial charge in [-0.25, -0.2) is 0 Å². The van der Waals surface area contributed by atoms with Crippen LogP contribution in [-0.4, -0.2) is 181 Å². The standard InChI is InChI=1S/C26H40O18/c27-4-8-3-11(9-1-2-38-23(14(8)9)44-25-20(36)18(34)16(32)12(5-28)41-25)40-26-21(37)22(17(33)13(6-29)42-26)43-24-19(35)15(31)10(30)7-39-24/h1-3,9-37H,4-7H2/t9-,10+,11+,12+,13+,14+,15-,16+,17-,18-,19+,20+,21+,22-,23-,24-,25-,26-/m0/s1. The lowest BCUT2D eigenvalue weighted by Crippen LogP contribution is -2.63. The lowest BCUT2D eigenvalue weighted by molar-refractivity contribution is -0.355. The minimum atomic E-state index is -1.73. The van der Waals surface area contributed by atoms with Crippen molar-refractivity contribution in [3.8, 4) is 0 Å². The van der Waals surface area contributed by atoms with Gasteiger partial charge in [0.25, 0.3) is 0 Å². The van der Waals surface area contributed by atoms with E-state index in [1.54, 1.807) is 6.08 Å². The number of aliphatic hydroxyl groups is 11. The minimum absolute atomic E-state index is 0.363. The molecule has 0 amide bonds. The fourth-order valence-corrected chi connectivity index (χ4v) is 6.02. The summed E-state index contributed by atoms with van der Waals surface area (Å²) in [6.45, 7) is -2.29. The molecule has 0 aromatic carbocycles. The van der Waals surface area contributed by atoms with Crippen LogP contribution in [0.25, 0.3) is 0 Å². The molecule has 0 spiro atoms. The Labute approximate surface area is 250 Å². The topological polar surface area (TPSA) is 287 Å². The molecule has 252 valence electrons. The van der Waals surface area contributed by atoms with Crippen molar-refractivity contribution in [2.75, 3.05) is 26.4 Å². The van der Waals surface area contributed by atoms with E-state index in [1.165, 1.54) is 12.3 Å². The smallest absolute Gasteiger partial charge is 0.209 e. The summed E-state index contributed by atoms with van der Waals surface area (Å²) in [5.74, 6) is -1.39. The molecule has 3 fully saturated rings. The lowest BCUT2D eigenvalue weighted by atomic mass is 9.88. The molecule has 0 saturated carbocycles. The Hall–Kier alpha value is -1.40. The second-order valence-corrected chi connectivity index (χ2v) is 11.3. The zero-order valence-electron chi connectivity index (χ0n) is 23.2. The molecule has 3 saturated heterocycles. The van der Waals surface area contributed by atoms with E-state index in [-0.39, 0.29) is 0 Å². The molecule has 0 aromatic heterocycles. The van der Waals surface area contributed by atoms with Gasteiger partial charge >= 0.3 is 0 Å². The van der Waals surface area contributed by atoms with Crippen LogP contribution in [0.4, 0.5) is 0 Å². The number of hydrogen-bond donors (Lipinski definition) is 11. The highest BCUT2D eigenvalue weighted by Gasteiger charge is 2.53. The SMILES string of the molecule is OCC1=C[C@@H](O[C@H]2O[C@H](CO)[C@H](O)[C@H](O[C@@H]3OC[C@@H](O)[C@H](O)[C@H]3O)[C@H]2O)[C@@H]2C=CO[C@@H](O[C@@H]3O[C@H](CO)[C@@H](O)[C@H](O)[C@H]3O)[C@H]12. The van der Waals surface area contributed by atoms with Crippen LogP contribution in [0.15, 0.2) is 24.0 Å². The molecule has 1 aliphatic carbocycles. The average Bonchev–Trinajstić information content (AvgIpc) is 3.38. The summed E-state index contributed by atoms with van der Waals surface area (Å²) in [6, 6.07) is 0. The van der Waals surface area contributed by atoms with Crippen molar-refractivity contribution >= 4 is 0 Å². The summed E-state index contributed by atoms with van der Waals surface area (Å²) < 4.78 is 39.3. The number of hydrogen-bond acceptors (Lipinski definition) is 18.